The van der Waals surface area contributed by atoms with Gasteiger partial charge in [0.05, 0.1) is 5.69 Å². The first-order chi connectivity index (χ1) is 16.5. The molecule has 0 saturated carbocycles. The van der Waals surface area contributed by atoms with E-state index < -0.39 is 0 Å². The summed E-state index contributed by atoms with van der Waals surface area (Å²) in [6, 6.07) is 17.8. The first kappa shape index (κ1) is 22.3. The van der Waals surface area contributed by atoms with Crippen molar-refractivity contribution in [2.75, 3.05) is 16.0 Å². The van der Waals surface area contributed by atoms with Crippen LogP contribution < -0.4 is 16.0 Å². The summed E-state index contributed by atoms with van der Waals surface area (Å²) >= 11 is 0. The van der Waals surface area contributed by atoms with Crippen LogP contribution in [0, 0.1) is 6.92 Å². The van der Waals surface area contributed by atoms with Gasteiger partial charge in [-0.25, -0.2) is 9.97 Å². The van der Waals surface area contributed by atoms with Gasteiger partial charge in [0.1, 0.15) is 0 Å². The SMILES string of the molecule is C=CC(=O)Nc1cccc(C(=O)Nc2ccc(C)c(Nc3nccc(-c4cccnc4)n3)c2)c1. The lowest BCUT2D eigenvalue weighted by atomic mass is 10.1. The van der Waals surface area contributed by atoms with Crippen LogP contribution in [0.25, 0.3) is 11.3 Å². The second-order valence-electron chi connectivity index (χ2n) is 7.39. The van der Waals surface area contributed by atoms with Crippen LogP contribution in [-0.4, -0.2) is 26.8 Å². The molecule has 2 aromatic heterocycles. The summed E-state index contributed by atoms with van der Waals surface area (Å²) in [6.07, 6.45) is 6.30. The summed E-state index contributed by atoms with van der Waals surface area (Å²) in [5.74, 6) is -0.223. The maximum absolute atomic E-state index is 12.8. The summed E-state index contributed by atoms with van der Waals surface area (Å²) in [7, 11) is 0. The van der Waals surface area contributed by atoms with Gasteiger partial charge in [-0.15, -0.1) is 0 Å². The number of nitrogens with zero attached hydrogens (tertiary/aromatic N) is 3. The van der Waals surface area contributed by atoms with E-state index in [-0.39, 0.29) is 11.8 Å². The van der Waals surface area contributed by atoms with Gasteiger partial charge in [-0.3, -0.25) is 14.6 Å². The Morgan fingerprint density at radius 3 is 2.59 bits per heavy atom. The highest BCUT2D eigenvalue weighted by molar-refractivity contribution is 6.06. The molecule has 0 atom stereocenters. The van der Waals surface area contributed by atoms with E-state index in [1.807, 2.05) is 43.3 Å². The van der Waals surface area contributed by atoms with Gasteiger partial charge < -0.3 is 16.0 Å². The number of aryl methyl sites for hydroxylation is 1. The van der Waals surface area contributed by atoms with E-state index in [9.17, 15) is 9.59 Å². The Kier molecular flexibility index (Phi) is 6.69. The van der Waals surface area contributed by atoms with Crippen LogP contribution in [0.15, 0.2) is 91.9 Å². The number of rotatable bonds is 7. The lowest BCUT2D eigenvalue weighted by Gasteiger charge is -2.12. The van der Waals surface area contributed by atoms with Crippen LogP contribution in [0.5, 0.6) is 0 Å². The molecule has 34 heavy (non-hydrogen) atoms. The molecule has 4 rings (SSSR count). The lowest BCUT2D eigenvalue weighted by Crippen LogP contribution is -2.13. The van der Waals surface area contributed by atoms with Crippen LogP contribution >= 0.6 is 0 Å². The van der Waals surface area contributed by atoms with Crippen molar-refractivity contribution in [3.8, 4) is 11.3 Å². The maximum Gasteiger partial charge on any atom is 0.255 e. The molecule has 0 aliphatic rings. The number of benzene rings is 2. The molecule has 0 saturated heterocycles. The minimum atomic E-state index is -0.346. The number of carbonyl (C=O) groups is 2. The summed E-state index contributed by atoms with van der Waals surface area (Å²) < 4.78 is 0. The van der Waals surface area contributed by atoms with Gasteiger partial charge in [-0.1, -0.05) is 18.7 Å². The summed E-state index contributed by atoms with van der Waals surface area (Å²) in [5, 5.41) is 8.75. The highest BCUT2D eigenvalue weighted by Crippen LogP contribution is 2.25. The Morgan fingerprint density at radius 2 is 1.79 bits per heavy atom. The van der Waals surface area contributed by atoms with E-state index in [2.05, 4.69) is 37.5 Å². The standard InChI is InChI=1S/C26H22N6O2/c1-3-24(33)29-20-8-4-6-18(14-20)25(34)30-21-10-9-17(2)23(15-21)32-26-28-13-11-22(31-26)19-7-5-12-27-16-19/h3-16H,1H2,2H3,(H,29,33)(H,30,34)(H,28,31,32). The van der Waals surface area contributed by atoms with Crippen LogP contribution in [0.1, 0.15) is 15.9 Å². The van der Waals surface area contributed by atoms with Crippen LogP contribution in [-0.2, 0) is 4.79 Å². The number of nitrogens with one attached hydrogen (secondary N) is 3. The molecule has 0 aliphatic carbocycles. The third-order valence-corrected chi connectivity index (χ3v) is 4.93. The molecule has 3 N–H and O–H groups in total. The van der Waals surface area contributed by atoms with E-state index in [1.165, 1.54) is 6.08 Å². The minimum absolute atomic E-state index is 0.306. The van der Waals surface area contributed by atoms with Crippen molar-refractivity contribution in [1.82, 2.24) is 15.0 Å². The predicted molar refractivity (Wildman–Crippen MR) is 133 cm³/mol. The van der Waals surface area contributed by atoms with Crippen LogP contribution in [0.2, 0.25) is 0 Å². The molecule has 2 heterocycles. The van der Waals surface area contributed by atoms with Crippen LogP contribution in [0.4, 0.5) is 23.0 Å². The number of aromatic nitrogens is 3. The van der Waals surface area contributed by atoms with Gasteiger partial charge in [-0.2, -0.15) is 0 Å². The molecular weight excluding hydrogens is 428 g/mol. The highest BCUT2D eigenvalue weighted by Gasteiger charge is 2.10. The van der Waals surface area contributed by atoms with Gasteiger partial charge >= 0.3 is 0 Å². The molecule has 168 valence electrons. The number of carbonyl (C=O) groups excluding carboxylic acids is 2. The molecule has 2 amide bonds. The third kappa shape index (κ3) is 5.49. The second kappa shape index (κ2) is 10.2. The summed E-state index contributed by atoms with van der Waals surface area (Å²) in [4.78, 5) is 37.3. The van der Waals surface area contributed by atoms with Crippen LogP contribution in [0.3, 0.4) is 0 Å². The number of amides is 2. The molecule has 8 heteroatoms. The van der Waals surface area contributed by atoms with Crippen molar-refractivity contribution < 1.29 is 9.59 Å². The molecule has 0 aliphatic heterocycles. The normalized spacial score (nSPS) is 10.3. The average Bonchev–Trinajstić information content (AvgIpc) is 2.87. The molecule has 0 radical (unpaired) electrons. The highest BCUT2D eigenvalue weighted by atomic mass is 16.2. The Morgan fingerprint density at radius 1 is 0.941 bits per heavy atom. The van der Waals surface area contributed by atoms with Gasteiger partial charge in [-0.05, 0) is 67.1 Å². The quantitative estimate of drug-likeness (QED) is 0.343. The zero-order valence-corrected chi connectivity index (χ0v) is 18.4. The topological polar surface area (TPSA) is 109 Å². The first-order valence-electron chi connectivity index (χ1n) is 10.5. The Labute approximate surface area is 196 Å². The van der Waals surface area contributed by atoms with Crippen molar-refractivity contribution in [3.05, 3.63) is 103 Å². The maximum atomic E-state index is 12.8. The summed E-state index contributed by atoms with van der Waals surface area (Å²) in [5.41, 5.74) is 4.87. The molecular formula is C26H22N6O2. The predicted octanol–water partition coefficient (Wildman–Crippen LogP) is 4.97. The molecule has 0 fully saturated rings. The van der Waals surface area contributed by atoms with Gasteiger partial charge in [0.25, 0.3) is 5.91 Å². The molecule has 8 nitrogen and oxygen atoms in total. The Balaban J connectivity index is 1.51. The molecule has 0 bridgehead atoms. The molecule has 4 aromatic rings. The lowest BCUT2D eigenvalue weighted by molar-refractivity contribution is -0.111. The molecule has 0 unspecified atom stereocenters. The zero-order chi connectivity index (χ0) is 23.9. The van der Waals surface area contributed by atoms with Gasteiger partial charge in [0.2, 0.25) is 11.9 Å². The third-order valence-electron chi connectivity index (χ3n) is 4.93. The van der Waals surface area contributed by atoms with Crippen molar-refractivity contribution in [2.45, 2.75) is 6.92 Å². The van der Waals surface area contributed by atoms with E-state index >= 15 is 0 Å². The number of hydrogen-bond acceptors (Lipinski definition) is 6. The molecule has 0 spiro atoms. The number of anilines is 4. The monoisotopic (exact) mass is 450 g/mol. The fraction of sp³-hybridized carbons (Fsp3) is 0.0385. The fourth-order valence-electron chi connectivity index (χ4n) is 3.18. The number of hydrogen-bond donors (Lipinski definition) is 3. The zero-order valence-electron chi connectivity index (χ0n) is 18.4. The number of pyridine rings is 1. The van der Waals surface area contributed by atoms with E-state index in [0.29, 0.717) is 22.9 Å². The smallest absolute Gasteiger partial charge is 0.255 e. The van der Waals surface area contributed by atoms with Crippen molar-refractivity contribution in [1.29, 1.82) is 0 Å². The van der Waals surface area contributed by atoms with E-state index in [1.54, 1.807) is 42.9 Å². The second-order valence-corrected chi connectivity index (χ2v) is 7.39. The van der Waals surface area contributed by atoms with Gasteiger partial charge in [0, 0.05) is 46.8 Å². The van der Waals surface area contributed by atoms with Crippen molar-refractivity contribution in [2.24, 2.45) is 0 Å². The first-order valence-corrected chi connectivity index (χ1v) is 10.5. The summed E-state index contributed by atoms with van der Waals surface area (Å²) in [6.45, 7) is 5.38. The van der Waals surface area contributed by atoms with Crippen molar-refractivity contribution >= 4 is 34.8 Å². The Hall–Kier alpha value is -4.85. The van der Waals surface area contributed by atoms with Crippen molar-refractivity contribution in [3.63, 3.8) is 0 Å². The Bertz CT molecular complexity index is 1350. The average molecular weight is 451 g/mol. The minimum Gasteiger partial charge on any atom is -0.324 e. The van der Waals surface area contributed by atoms with E-state index in [4.69, 9.17) is 0 Å². The van der Waals surface area contributed by atoms with Gasteiger partial charge in [0.15, 0.2) is 0 Å². The molecule has 2 aromatic carbocycles. The van der Waals surface area contributed by atoms with E-state index in [0.717, 1.165) is 22.5 Å². The fourth-order valence-corrected chi connectivity index (χ4v) is 3.18. The largest absolute Gasteiger partial charge is 0.324 e.